The molecule has 1 aromatic rings. The van der Waals surface area contributed by atoms with Gasteiger partial charge in [0.25, 0.3) is 0 Å². The summed E-state index contributed by atoms with van der Waals surface area (Å²) in [4.78, 5) is 12.1. The molecule has 0 aromatic heterocycles. The maximum atomic E-state index is 12.1. The zero-order chi connectivity index (χ0) is 13.1. The highest BCUT2D eigenvalue weighted by molar-refractivity contribution is 5.79. The normalized spacial score (nSPS) is 23.8. The zero-order valence-corrected chi connectivity index (χ0v) is 11.1. The molecule has 0 spiro atoms. The lowest BCUT2D eigenvalue weighted by atomic mass is 9.85. The number of hydrogen-bond acceptors (Lipinski definition) is 2. The van der Waals surface area contributed by atoms with Crippen LogP contribution >= 0.6 is 0 Å². The molecule has 1 saturated heterocycles. The van der Waals surface area contributed by atoms with Crippen LogP contribution in [0.3, 0.4) is 0 Å². The Labute approximate surface area is 114 Å². The second-order valence-corrected chi connectivity index (χ2v) is 5.41. The summed E-state index contributed by atoms with van der Waals surface area (Å²) in [5, 5.41) is 1.82. The first-order chi connectivity index (χ1) is 9.33. The number of amides is 1. The maximum Gasteiger partial charge on any atom is 0.239 e. The summed E-state index contributed by atoms with van der Waals surface area (Å²) >= 11 is 0. The van der Waals surface area contributed by atoms with E-state index < -0.39 is 0 Å². The molecule has 1 amide bonds. The lowest BCUT2D eigenvalue weighted by molar-refractivity contribution is -0.139. The van der Waals surface area contributed by atoms with Gasteiger partial charge in [-0.15, -0.1) is 0 Å². The predicted molar refractivity (Wildman–Crippen MR) is 76.1 cm³/mol. The lowest BCUT2D eigenvalue weighted by Crippen LogP contribution is -2.44. The topological polar surface area (TPSA) is 32.3 Å². The molecule has 3 rings (SSSR count). The summed E-state index contributed by atoms with van der Waals surface area (Å²) in [6.07, 6.45) is 8.63. The van der Waals surface area contributed by atoms with Gasteiger partial charge in [0.05, 0.1) is 0 Å². The van der Waals surface area contributed by atoms with Crippen molar-refractivity contribution in [1.82, 2.24) is 10.4 Å². The first kappa shape index (κ1) is 12.4. The van der Waals surface area contributed by atoms with E-state index in [9.17, 15) is 4.79 Å². The van der Waals surface area contributed by atoms with Crippen molar-refractivity contribution in [3.63, 3.8) is 0 Å². The fourth-order valence-electron chi connectivity index (χ4n) is 2.58. The zero-order valence-electron chi connectivity index (χ0n) is 11.1. The fourth-order valence-corrected chi connectivity index (χ4v) is 2.58. The summed E-state index contributed by atoms with van der Waals surface area (Å²) in [7, 11) is 0. The molecule has 2 aliphatic rings. The molecule has 3 nitrogen and oxygen atoms in total. The van der Waals surface area contributed by atoms with E-state index in [4.69, 9.17) is 0 Å². The molecule has 3 heteroatoms. The minimum atomic E-state index is 0.282. The standard InChI is InChI=1S/C16H20N2O/c19-16(14-7-4-8-14)18-12-11-15(17-18)10-9-13-5-2-1-3-6-13/h1-3,5-6,9-10,14-15,17H,4,7-8,11-12H2/b10-9+. The molecule has 100 valence electrons. The number of hydrazine groups is 1. The Balaban J connectivity index is 1.54. The van der Waals surface area contributed by atoms with Crippen LogP contribution < -0.4 is 5.43 Å². The SMILES string of the molecule is O=C(C1CCC1)N1CCC(/C=C/c2ccccc2)N1. The molecule has 1 N–H and O–H groups in total. The largest absolute Gasteiger partial charge is 0.277 e. The van der Waals surface area contributed by atoms with Crippen molar-refractivity contribution in [3.8, 4) is 0 Å². The van der Waals surface area contributed by atoms with Gasteiger partial charge in [0.2, 0.25) is 5.91 Å². The van der Waals surface area contributed by atoms with Crippen molar-refractivity contribution in [2.45, 2.75) is 31.7 Å². The van der Waals surface area contributed by atoms with Crippen molar-refractivity contribution in [3.05, 3.63) is 42.0 Å². The number of rotatable bonds is 3. The van der Waals surface area contributed by atoms with Crippen molar-refractivity contribution >= 4 is 12.0 Å². The predicted octanol–water partition coefficient (Wildman–Crippen LogP) is 2.61. The van der Waals surface area contributed by atoms with E-state index in [1.165, 1.54) is 12.0 Å². The fraction of sp³-hybridized carbons (Fsp3) is 0.438. The third-order valence-electron chi connectivity index (χ3n) is 4.03. The van der Waals surface area contributed by atoms with E-state index >= 15 is 0 Å². The van der Waals surface area contributed by atoms with Crippen molar-refractivity contribution in [1.29, 1.82) is 0 Å². The Bertz CT molecular complexity index is 465. The van der Waals surface area contributed by atoms with Gasteiger partial charge < -0.3 is 0 Å². The van der Waals surface area contributed by atoms with E-state index in [1.807, 2.05) is 23.2 Å². The first-order valence-electron chi connectivity index (χ1n) is 7.14. The van der Waals surface area contributed by atoms with E-state index in [2.05, 4.69) is 29.7 Å². The Hall–Kier alpha value is -1.61. The van der Waals surface area contributed by atoms with E-state index in [-0.39, 0.29) is 12.0 Å². The number of hydrogen-bond donors (Lipinski definition) is 1. The molecule has 0 radical (unpaired) electrons. The van der Waals surface area contributed by atoms with Gasteiger partial charge >= 0.3 is 0 Å². The third kappa shape index (κ3) is 2.87. The van der Waals surface area contributed by atoms with Gasteiger partial charge in [-0.25, -0.2) is 5.43 Å². The minimum Gasteiger partial charge on any atom is -0.277 e. The van der Waals surface area contributed by atoms with Gasteiger partial charge in [-0.05, 0) is 24.8 Å². The van der Waals surface area contributed by atoms with Crippen molar-refractivity contribution in [2.24, 2.45) is 5.92 Å². The van der Waals surface area contributed by atoms with Crippen LogP contribution in [0.25, 0.3) is 6.08 Å². The van der Waals surface area contributed by atoms with E-state index in [0.717, 1.165) is 25.8 Å². The number of nitrogens with zero attached hydrogens (tertiary/aromatic N) is 1. The van der Waals surface area contributed by atoms with Gasteiger partial charge in [0.1, 0.15) is 0 Å². The van der Waals surface area contributed by atoms with Crippen LogP contribution in [0.5, 0.6) is 0 Å². The van der Waals surface area contributed by atoms with E-state index in [0.29, 0.717) is 5.91 Å². The molecule has 1 atom stereocenters. The second kappa shape index (κ2) is 5.57. The molecule has 1 saturated carbocycles. The van der Waals surface area contributed by atoms with Crippen LogP contribution in [0.2, 0.25) is 0 Å². The highest BCUT2D eigenvalue weighted by Crippen LogP contribution is 2.28. The van der Waals surface area contributed by atoms with Gasteiger partial charge in [0, 0.05) is 18.5 Å². The Morgan fingerprint density at radius 3 is 2.68 bits per heavy atom. The van der Waals surface area contributed by atoms with Crippen molar-refractivity contribution in [2.75, 3.05) is 6.54 Å². The van der Waals surface area contributed by atoms with Crippen molar-refractivity contribution < 1.29 is 4.79 Å². The third-order valence-corrected chi connectivity index (χ3v) is 4.03. The number of nitrogens with one attached hydrogen (secondary N) is 1. The Kier molecular flexibility index (Phi) is 3.65. The monoisotopic (exact) mass is 256 g/mol. The number of benzene rings is 1. The molecular formula is C16H20N2O. The molecule has 1 unspecified atom stereocenters. The summed E-state index contributed by atoms with van der Waals surface area (Å²) in [5.41, 5.74) is 4.51. The molecule has 1 heterocycles. The van der Waals surface area contributed by atoms with Crippen LogP contribution in [0.15, 0.2) is 36.4 Å². The summed E-state index contributed by atoms with van der Waals surface area (Å²) in [5.74, 6) is 0.575. The smallest absolute Gasteiger partial charge is 0.239 e. The average Bonchev–Trinajstić information content (AvgIpc) is 2.84. The quantitative estimate of drug-likeness (QED) is 0.901. The maximum absolute atomic E-state index is 12.1. The van der Waals surface area contributed by atoms with Gasteiger partial charge in [0.15, 0.2) is 0 Å². The highest BCUT2D eigenvalue weighted by Gasteiger charge is 2.32. The summed E-state index contributed by atoms with van der Waals surface area (Å²) < 4.78 is 0. The van der Waals surface area contributed by atoms with Gasteiger partial charge in [-0.2, -0.15) is 0 Å². The van der Waals surface area contributed by atoms with Crippen LogP contribution in [-0.2, 0) is 4.79 Å². The molecular weight excluding hydrogens is 236 g/mol. The molecule has 1 aliphatic carbocycles. The van der Waals surface area contributed by atoms with Gasteiger partial charge in [-0.3, -0.25) is 9.80 Å². The summed E-state index contributed by atoms with van der Waals surface area (Å²) in [6.45, 7) is 0.832. The summed E-state index contributed by atoms with van der Waals surface area (Å²) in [6, 6.07) is 10.5. The molecule has 1 aromatic carbocycles. The number of carbonyl (C=O) groups is 1. The molecule has 2 fully saturated rings. The van der Waals surface area contributed by atoms with Crippen LogP contribution in [0.4, 0.5) is 0 Å². The van der Waals surface area contributed by atoms with Crippen LogP contribution in [-0.4, -0.2) is 23.5 Å². The highest BCUT2D eigenvalue weighted by atomic mass is 16.2. The second-order valence-electron chi connectivity index (χ2n) is 5.41. The van der Waals surface area contributed by atoms with E-state index in [1.54, 1.807) is 0 Å². The van der Waals surface area contributed by atoms with Gasteiger partial charge in [-0.1, -0.05) is 48.9 Å². The minimum absolute atomic E-state index is 0.282. The van der Waals surface area contributed by atoms with Crippen LogP contribution in [0, 0.1) is 5.92 Å². The Morgan fingerprint density at radius 1 is 1.21 bits per heavy atom. The molecule has 19 heavy (non-hydrogen) atoms. The first-order valence-corrected chi connectivity index (χ1v) is 7.14. The number of carbonyl (C=O) groups excluding carboxylic acids is 1. The Morgan fingerprint density at radius 2 is 2.00 bits per heavy atom. The molecule has 1 aliphatic heterocycles. The molecule has 0 bridgehead atoms. The average molecular weight is 256 g/mol. The lowest BCUT2D eigenvalue weighted by Gasteiger charge is -2.29. The van der Waals surface area contributed by atoms with Crippen LogP contribution in [0.1, 0.15) is 31.2 Å².